The Kier molecular flexibility index (Phi) is 8.37. The van der Waals surface area contributed by atoms with Crippen LogP contribution in [0.5, 0.6) is 11.5 Å². The fourth-order valence-electron chi connectivity index (χ4n) is 8.09. The fourth-order valence-corrected chi connectivity index (χ4v) is 8.09. The number of phenols is 2. The lowest BCUT2D eigenvalue weighted by Gasteiger charge is -2.35. The molecular weight excluding hydrogens is 608 g/mol. The van der Waals surface area contributed by atoms with Crippen molar-refractivity contribution in [3.8, 4) is 22.9 Å². The van der Waals surface area contributed by atoms with Crippen molar-refractivity contribution in [3.63, 3.8) is 0 Å². The maximum atomic E-state index is 11.8. The first-order chi connectivity index (χ1) is 22.8. The number of aromatic hydroxyl groups is 2. The maximum Gasteiger partial charge on any atom is 0.121 e. The number of hydrogen-bond acceptors (Lipinski definition) is 6. The van der Waals surface area contributed by atoms with E-state index in [0.29, 0.717) is 22.5 Å². The van der Waals surface area contributed by atoms with Crippen LogP contribution in [0.4, 0.5) is 0 Å². The number of hydrogen-bond donors (Lipinski definition) is 2. The van der Waals surface area contributed by atoms with Gasteiger partial charge < -0.3 is 10.2 Å². The van der Waals surface area contributed by atoms with Crippen LogP contribution in [0.25, 0.3) is 33.4 Å². The second kappa shape index (κ2) is 12.0. The van der Waals surface area contributed by atoms with Crippen LogP contribution in [0.15, 0.2) is 72.8 Å². The second-order valence-electron chi connectivity index (χ2n) is 17.3. The predicted octanol–water partition coefficient (Wildman–Crippen LogP) is 9.58. The highest BCUT2D eigenvalue weighted by Crippen LogP contribution is 2.45. The van der Waals surface area contributed by atoms with Gasteiger partial charge in [-0.3, -0.25) is 0 Å². The Balaban J connectivity index is 1.65. The van der Waals surface area contributed by atoms with Crippen LogP contribution < -0.4 is 0 Å². The molecule has 256 valence electrons. The van der Waals surface area contributed by atoms with E-state index in [1.165, 1.54) is 0 Å². The first kappa shape index (κ1) is 34.2. The van der Waals surface area contributed by atoms with Crippen molar-refractivity contribution >= 4 is 22.1 Å². The Morgan fingerprint density at radius 2 is 0.776 bits per heavy atom. The van der Waals surface area contributed by atoms with Crippen LogP contribution in [0.2, 0.25) is 0 Å². The SMILES string of the molecule is CC(C)(C)CC(C)(C)c1ccc(O)c(Cc2c(O)ccc(C(C)(C)CC(C)(C)C)c2-n2nc3ccccc3n2)c1-n1nc2ccccc2n1. The van der Waals surface area contributed by atoms with Crippen molar-refractivity contribution < 1.29 is 10.2 Å². The van der Waals surface area contributed by atoms with Gasteiger partial charge in [-0.15, -0.1) is 30.0 Å². The lowest BCUT2D eigenvalue weighted by atomic mass is 9.70. The van der Waals surface area contributed by atoms with Gasteiger partial charge in [-0.25, -0.2) is 0 Å². The van der Waals surface area contributed by atoms with Crippen LogP contribution in [0, 0.1) is 10.8 Å². The molecule has 0 aliphatic carbocycles. The molecule has 0 radical (unpaired) electrons. The van der Waals surface area contributed by atoms with Crippen LogP contribution in [-0.2, 0) is 17.3 Å². The molecule has 2 aromatic heterocycles. The van der Waals surface area contributed by atoms with Crippen molar-refractivity contribution in [1.82, 2.24) is 30.0 Å². The molecule has 0 aliphatic rings. The molecule has 0 aliphatic heterocycles. The largest absolute Gasteiger partial charge is 0.508 e. The van der Waals surface area contributed by atoms with Crippen LogP contribution in [0.1, 0.15) is 104 Å². The molecule has 0 fully saturated rings. The van der Waals surface area contributed by atoms with Gasteiger partial charge in [-0.05, 0) is 82.0 Å². The summed E-state index contributed by atoms with van der Waals surface area (Å²) in [5.41, 5.74) is 7.22. The maximum absolute atomic E-state index is 11.8. The summed E-state index contributed by atoms with van der Waals surface area (Å²) >= 11 is 0. The Hall–Kier alpha value is -4.72. The van der Waals surface area contributed by atoms with Gasteiger partial charge in [-0.1, -0.05) is 106 Å². The smallest absolute Gasteiger partial charge is 0.121 e. The quantitative estimate of drug-likeness (QED) is 0.169. The number of nitrogens with zero attached hydrogens (tertiary/aromatic N) is 6. The van der Waals surface area contributed by atoms with Gasteiger partial charge in [-0.2, -0.15) is 0 Å². The molecule has 4 aromatic carbocycles. The molecule has 2 heterocycles. The van der Waals surface area contributed by atoms with Crippen LogP contribution in [0.3, 0.4) is 0 Å². The third kappa shape index (κ3) is 6.91. The van der Waals surface area contributed by atoms with Gasteiger partial charge in [0.25, 0.3) is 0 Å². The normalized spacial score (nSPS) is 13.1. The third-order valence-electron chi connectivity index (χ3n) is 9.25. The minimum absolute atomic E-state index is 0.0350. The summed E-state index contributed by atoms with van der Waals surface area (Å²) in [5.74, 6) is 0.213. The van der Waals surface area contributed by atoms with E-state index < -0.39 is 0 Å². The molecule has 2 N–H and O–H groups in total. The monoisotopic (exact) mass is 658 g/mol. The van der Waals surface area contributed by atoms with Crippen molar-refractivity contribution in [2.75, 3.05) is 0 Å². The zero-order valence-corrected chi connectivity index (χ0v) is 30.6. The first-order valence-corrected chi connectivity index (χ1v) is 17.2. The molecule has 0 amide bonds. The molecule has 0 saturated carbocycles. The molecule has 49 heavy (non-hydrogen) atoms. The van der Waals surface area contributed by atoms with E-state index in [1.54, 1.807) is 21.7 Å². The minimum Gasteiger partial charge on any atom is -0.508 e. The number of phenolic OH excluding ortho intramolecular Hbond substituents is 2. The van der Waals surface area contributed by atoms with E-state index in [9.17, 15) is 10.2 Å². The topological polar surface area (TPSA) is 102 Å². The van der Waals surface area contributed by atoms with Crippen molar-refractivity contribution in [2.45, 2.75) is 99.3 Å². The molecular formula is C41H50N6O2. The Labute approximate surface area is 289 Å². The molecule has 0 spiro atoms. The Morgan fingerprint density at radius 1 is 0.469 bits per heavy atom. The summed E-state index contributed by atoms with van der Waals surface area (Å²) in [5, 5.41) is 43.3. The van der Waals surface area contributed by atoms with E-state index in [4.69, 9.17) is 20.4 Å². The lowest BCUT2D eigenvalue weighted by Crippen LogP contribution is -2.28. The van der Waals surface area contributed by atoms with Gasteiger partial charge in [0.1, 0.15) is 33.6 Å². The zero-order chi connectivity index (χ0) is 35.5. The van der Waals surface area contributed by atoms with Crippen molar-refractivity contribution in [3.05, 3.63) is 95.1 Å². The number of benzene rings is 4. The first-order valence-electron chi connectivity index (χ1n) is 17.2. The van der Waals surface area contributed by atoms with Gasteiger partial charge in [0.05, 0.1) is 11.4 Å². The Bertz CT molecular complexity index is 1940. The number of rotatable bonds is 8. The molecule has 8 heteroatoms. The molecule has 0 unspecified atom stereocenters. The molecule has 0 saturated heterocycles. The van der Waals surface area contributed by atoms with E-state index in [-0.39, 0.29) is 39.6 Å². The van der Waals surface area contributed by atoms with Gasteiger partial charge in [0, 0.05) is 17.5 Å². The van der Waals surface area contributed by atoms with Crippen molar-refractivity contribution in [2.24, 2.45) is 10.8 Å². The highest BCUT2D eigenvalue weighted by atomic mass is 16.3. The van der Waals surface area contributed by atoms with Crippen molar-refractivity contribution in [1.29, 1.82) is 0 Å². The summed E-state index contributed by atoms with van der Waals surface area (Å²) in [7, 11) is 0. The second-order valence-corrected chi connectivity index (χ2v) is 17.3. The predicted molar refractivity (Wildman–Crippen MR) is 198 cm³/mol. The zero-order valence-electron chi connectivity index (χ0n) is 30.6. The molecule has 6 aromatic rings. The highest BCUT2D eigenvalue weighted by molar-refractivity contribution is 5.75. The average Bonchev–Trinajstić information content (AvgIpc) is 3.60. The van der Waals surface area contributed by atoms with E-state index in [2.05, 4.69) is 69.2 Å². The summed E-state index contributed by atoms with van der Waals surface area (Å²) in [6.07, 6.45) is 1.96. The lowest BCUT2D eigenvalue weighted by molar-refractivity contribution is 0.283. The fraction of sp³-hybridized carbons (Fsp3) is 0.415. The van der Waals surface area contributed by atoms with Gasteiger partial charge in [0.15, 0.2) is 0 Å². The highest BCUT2D eigenvalue weighted by Gasteiger charge is 2.35. The van der Waals surface area contributed by atoms with E-state index in [1.807, 2.05) is 60.7 Å². The number of fused-ring (bicyclic) bond motifs is 2. The summed E-state index contributed by atoms with van der Waals surface area (Å²) in [6.45, 7) is 22.4. The number of aromatic nitrogens is 6. The summed E-state index contributed by atoms with van der Waals surface area (Å²) in [4.78, 5) is 3.34. The molecule has 6 rings (SSSR count). The Morgan fingerprint density at radius 3 is 1.06 bits per heavy atom. The van der Waals surface area contributed by atoms with Gasteiger partial charge in [0.2, 0.25) is 0 Å². The van der Waals surface area contributed by atoms with E-state index >= 15 is 0 Å². The van der Waals surface area contributed by atoms with E-state index in [0.717, 1.165) is 46.0 Å². The van der Waals surface area contributed by atoms with Crippen LogP contribution in [-0.4, -0.2) is 40.2 Å². The summed E-state index contributed by atoms with van der Waals surface area (Å²) < 4.78 is 0. The standard InChI is InChI=1S/C41H50N6O2/c1-38(2,3)24-40(7,8)28-19-21-34(48)26(36(28)46-42-30-15-11-12-16-31(30)43-46)23-27-35(49)22-20-29(41(9,10)25-39(4,5)6)37(27)47-44-32-17-13-14-18-33(32)45-47/h11-22,48-49H,23-25H2,1-10H3. The summed E-state index contributed by atoms with van der Waals surface area (Å²) in [6, 6.07) is 23.1. The average molecular weight is 659 g/mol. The molecule has 8 nitrogen and oxygen atoms in total. The minimum atomic E-state index is -0.307. The van der Waals surface area contributed by atoms with Gasteiger partial charge >= 0.3 is 0 Å². The molecule has 0 atom stereocenters. The third-order valence-corrected chi connectivity index (χ3v) is 9.25. The van der Waals surface area contributed by atoms with Crippen LogP contribution >= 0.6 is 0 Å². The molecule has 0 bridgehead atoms.